The van der Waals surface area contributed by atoms with Gasteiger partial charge in [-0.3, -0.25) is 4.79 Å². The van der Waals surface area contributed by atoms with E-state index in [1.807, 2.05) is 6.07 Å². The van der Waals surface area contributed by atoms with Crippen molar-refractivity contribution in [2.75, 3.05) is 0 Å². The van der Waals surface area contributed by atoms with Crippen molar-refractivity contribution in [3.05, 3.63) is 35.4 Å². The van der Waals surface area contributed by atoms with E-state index in [9.17, 15) is 9.59 Å². The number of carbonyl (C=O) groups is 2. The molecular weight excluding hydrogens is 290 g/mol. The molecule has 0 aromatic heterocycles. The van der Waals surface area contributed by atoms with Crippen molar-refractivity contribution in [3.63, 3.8) is 0 Å². The molecule has 0 spiro atoms. The van der Waals surface area contributed by atoms with Gasteiger partial charge in [0.25, 0.3) is 0 Å². The molecule has 0 radical (unpaired) electrons. The smallest absolute Gasteiger partial charge is 0.335 e. The Morgan fingerprint density at radius 2 is 1.70 bits per heavy atom. The van der Waals surface area contributed by atoms with Gasteiger partial charge in [0.15, 0.2) is 0 Å². The largest absolute Gasteiger partial charge is 0.478 e. The first-order valence-electron chi connectivity index (χ1n) is 8.65. The second kappa shape index (κ2) is 5.36. The summed E-state index contributed by atoms with van der Waals surface area (Å²) in [5.41, 5.74) is 1.04. The van der Waals surface area contributed by atoms with E-state index in [0.29, 0.717) is 0 Å². The molecule has 0 unspecified atom stereocenters. The molecule has 4 heteroatoms. The first-order chi connectivity index (χ1) is 11.0. The molecule has 122 valence electrons. The number of aromatic carboxylic acids is 1. The lowest BCUT2D eigenvalue weighted by molar-refractivity contribution is -0.126. The Morgan fingerprint density at radius 3 is 2.26 bits per heavy atom. The van der Waals surface area contributed by atoms with Crippen molar-refractivity contribution in [1.82, 2.24) is 5.32 Å². The molecule has 4 saturated carbocycles. The van der Waals surface area contributed by atoms with Crippen molar-refractivity contribution >= 4 is 11.9 Å². The minimum atomic E-state index is -0.951. The van der Waals surface area contributed by atoms with Crippen LogP contribution in [0.5, 0.6) is 0 Å². The molecular formula is C19H23NO3. The van der Waals surface area contributed by atoms with E-state index in [0.717, 1.165) is 42.6 Å². The number of amides is 1. The fraction of sp³-hybridized carbons (Fsp3) is 0.579. The van der Waals surface area contributed by atoms with Crippen LogP contribution in [0.1, 0.15) is 54.4 Å². The van der Waals surface area contributed by atoms with Gasteiger partial charge in [0.2, 0.25) is 5.91 Å². The standard InChI is InChI=1S/C19H23NO3/c21-17(8-12-2-1-3-16(7-12)18(22)23)20-19-9-13-4-14(10-19)6-15(5-13)11-19/h1-3,7,13-15H,4-6,8-11H2,(H,20,21)(H,22,23). The number of benzene rings is 1. The maximum absolute atomic E-state index is 12.5. The predicted octanol–water partition coefficient (Wildman–Crippen LogP) is 3.01. The van der Waals surface area contributed by atoms with Crippen LogP contribution >= 0.6 is 0 Å². The van der Waals surface area contributed by atoms with Gasteiger partial charge in [-0.1, -0.05) is 12.1 Å². The maximum atomic E-state index is 12.5. The van der Waals surface area contributed by atoms with E-state index in [4.69, 9.17) is 5.11 Å². The SMILES string of the molecule is O=C(Cc1cccc(C(=O)O)c1)NC12CC3CC(CC(C3)C1)C2. The lowest BCUT2D eigenvalue weighted by Crippen LogP contribution is -2.60. The van der Waals surface area contributed by atoms with Crippen molar-refractivity contribution in [2.45, 2.75) is 50.5 Å². The summed E-state index contributed by atoms with van der Waals surface area (Å²) in [6, 6.07) is 6.69. The van der Waals surface area contributed by atoms with Gasteiger partial charge in [0.05, 0.1) is 12.0 Å². The van der Waals surface area contributed by atoms with Crippen molar-refractivity contribution in [1.29, 1.82) is 0 Å². The zero-order chi connectivity index (χ0) is 16.0. The lowest BCUT2D eigenvalue weighted by atomic mass is 9.53. The lowest BCUT2D eigenvalue weighted by Gasteiger charge is -2.56. The summed E-state index contributed by atoms with van der Waals surface area (Å²) >= 11 is 0. The fourth-order valence-electron chi connectivity index (χ4n) is 5.60. The van der Waals surface area contributed by atoms with Gasteiger partial charge in [0.1, 0.15) is 0 Å². The molecule has 23 heavy (non-hydrogen) atoms. The number of carboxylic acid groups (broad SMARTS) is 1. The predicted molar refractivity (Wildman–Crippen MR) is 86.2 cm³/mol. The number of hydrogen-bond acceptors (Lipinski definition) is 2. The van der Waals surface area contributed by atoms with Gasteiger partial charge in [-0.25, -0.2) is 4.79 Å². The van der Waals surface area contributed by atoms with Crippen LogP contribution in [-0.2, 0) is 11.2 Å². The van der Waals surface area contributed by atoms with Gasteiger partial charge in [-0.05, 0) is 74.0 Å². The van der Waals surface area contributed by atoms with Crippen LogP contribution in [0, 0.1) is 17.8 Å². The highest BCUT2D eigenvalue weighted by molar-refractivity contribution is 5.88. The normalized spacial score (nSPS) is 34.3. The number of rotatable bonds is 4. The molecule has 1 aromatic carbocycles. The van der Waals surface area contributed by atoms with Gasteiger partial charge in [-0.2, -0.15) is 0 Å². The molecule has 1 aromatic rings. The van der Waals surface area contributed by atoms with Gasteiger partial charge in [0, 0.05) is 5.54 Å². The van der Waals surface area contributed by atoms with Crippen LogP contribution in [0.2, 0.25) is 0 Å². The Bertz CT molecular complexity index is 616. The summed E-state index contributed by atoms with van der Waals surface area (Å²) in [5.74, 6) is 1.49. The highest BCUT2D eigenvalue weighted by Crippen LogP contribution is 2.55. The Hall–Kier alpha value is -1.84. The van der Waals surface area contributed by atoms with Crippen LogP contribution in [-0.4, -0.2) is 22.5 Å². The summed E-state index contributed by atoms with van der Waals surface area (Å²) in [7, 11) is 0. The molecule has 4 fully saturated rings. The summed E-state index contributed by atoms with van der Waals surface area (Å²) in [5, 5.41) is 12.4. The van der Waals surface area contributed by atoms with E-state index in [2.05, 4.69) is 5.32 Å². The Balaban J connectivity index is 1.44. The molecule has 0 saturated heterocycles. The van der Waals surface area contributed by atoms with Gasteiger partial charge < -0.3 is 10.4 Å². The topological polar surface area (TPSA) is 66.4 Å². The minimum absolute atomic E-state index is 0.0240. The number of nitrogens with one attached hydrogen (secondary N) is 1. The zero-order valence-electron chi connectivity index (χ0n) is 13.3. The highest BCUT2D eigenvalue weighted by Gasteiger charge is 2.51. The van der Waals surface area contributed by atoms with E-state index in [-0.39, 0.29) is 23.4 Å². The summed E-state index contributed by atoms with van der Waals surface area (Å²) in [4.78, 5) is 23.6. The first-order valence-corrected chi connectivity index (χ1v) is 8.65. The van der Waals surface area contributed by atoms with Crippen molar-refractivity contribution < 1.29 is 14.7 Å². The molecule has 0 aliphatic heterocycles. The second-order valence-electron chi connectivity index (χ2n) is 7.93. The van der Waals surface area contributed by atoms with Gasteiger partial charge in [-0.15, -0.1) is 0 Å². The Labute approximate surface area is 136 Å². The van der Waals surface area contributed by atoms with E-state index < -0.39 is 5.97 Å². The molecule has 4 aliphatic carbocycles. The third-order valence-electron chi connectivity index (χ3n) is 5.98. The molecule has 2 N–H and O–H groups in total. The molecule has 4 bridgehead atoms. The monoisotopic (exact) mass is 313 g/mol. The number of carbonyl (C=O) groups excluding carboxylic acids is 1. The maximum Gasteiger partial charge on any atom is 0.335 e. The summed E-state index contributed by atoms with van der Waals surface area (Å²) < 4.78 is 0. The fourth-order valence-corrected chi connectivity index (χ4v) is 5.60. The van der Waals surface area contributed by atoms with Crippen LogP contribution in [0.25, 0.3) is 0 Å². The van der Waals surface area contributed by atoms with E-state index >= 15 is 0 Å². The third-order valence-corrected chi connectivity index (χ3v) is 5.98. The molecule has 4 aliphatic rings. The number of carboxylic acids is 1. The van der Waals surface area contributed by atoms with E-state index in [1.54, 1.807) is 18.2 Å². The summed E-state index contributed by atoms with van der Waals surface area (Å²) in [6.07, 6.45) is 7.75. The van der Waals surface area contributed by atoms with Crippen molar-refractivity contribution in [3.8, 4) is 0 Å². The Kier molecular flexibility index (Phi) is 3.43. The van der Waals surface area contributed by atoms with Gasteiger partial charge >= 0.3 is 5.97 Å². The Morgan fingerprint density at radius 1 is 1.09 bits per heavy atom. The average Bonchev–Trinajstić information content (AvgIpc) is 2.45. The number of hydrogen-bond donors (Lipinski definition) is 2. The van der Waals surface area contributed by atoms with Crippen LogP contribution < -0.4 is 5.32 Å². The van der Waals surface area contributed by atoms with E-state index in [1.165, 1.54) is 19.3 Å². The van der Waals surface area contributed by atoms with Crippen LogP contribution in [0.15, 0.2) is 24.3 Å². The summed E-state index contributed by atoms with van der Waals surface area (Å²) in [6.45, 7) is 0. The molecule has 0 atom stereocenters. The molecule has 1 amide bonds. The molecule has 5 rings (SSSR count). The second-order valence-corrected chi connectivity index (χ2v) is 7.93. The zero-order valence-corrected chi connectivity index (χ0v) is 13.3. The third kappa shape index (κ3) is 2.87. The van der Waals surface area contributed by atoms with Crippen LogP contribution in [0.3, 0.4) is 0 Å². The average molecular weight is 313 g/mol. The first kappa shape index (κ1) is 14.7. The molecule has 4 nitrogen and oxygen atoms in total. The quantitative estimate of drug-likeness (QED) is 0.898. The molecule has 0 heterocycles. The van der Waals surface area contributed by atoms with Crippen LogP contribution in [0.4, 0.5) is 0 Å². The van der Waals surface area contributed by atoms with Crippen molar-refractivity contribution in [2.24, 2.45) is 17.8 Å². The minimum Gasteiger partial charge on any atom is -0.478 e. The highest BCUT2D eigenvalue weighted by atomic mass is 16.4.